The zero-order valence-corrected chi connectivity index (χ0v) is 18.2. The van der Waals surface area contributed by atoms with Crippen LogP contribution >= 0.6 is 0 Å². The standard InChI is InChI=1S/C24H25FN4O3/c1-15-26-19-4-3-5-20(31-2)22(19)24(30)29(15)13-12-28-10-8-16(9-11-28)23-18-7-6-17(25)14-21(18)32-27-23/h3-7,14,16H,8-13H2,1-2H3. The molecule has 2 aromatic heterocycles. The highest BCUT2D eigenvalue weighted by atomic mass is 19.1. The van der Waals surface area contributed by atoms with Gasteiger partial charge in [-0.25, -0.2) is 9.37 Å². The second kappa shape index (κ2) is 8.35. The van der Waals surface area contributed by atoms with Crippen LogP contribution in [0, 0.1) is 12.7 Å². The summed E-state index contributed by atoms with van der Waals surface area (Å²) >= 11 is 0. The van der Waals surface area contributed by atoms with Crippen molar-refractivity contribution >= 4 is 21.9 Å². The number of hydrogen-bond acceptors (Lipinski definition) is 6. The molecule has 8 heteroatoms. The van der Waals surface area contributed by atoms with Gasteiger partial charge >= 0.3 is 0 Å². The van der Waals surface area contributed by atoms with E-state index in [-0.39, 0.29) is 17.3 Å². The van der Waals surface area contributed by atoms with Crippen LogP contribution in [0.4, 0.5) is 4.39 Å². The highest BCUT2D eigenvalue weighted by Crippen LogP contribution is 2.32. The summed E-state index contributed by atoms with van der Waals surface area (Å²) in [5.74, 6) is 1.22. The molecule has 0 N–H and O–H groups in total. The molecule has 32 heavy (non-hydrogen) atoms. The maximum absolute atomic E-state index is 13.4. The predicted octanol–water partition coefficient (Wildman–Crippen LogP) is 3.87. The first kappa shape index (κ1) is 20.6. The number of aryl methyl sites for hydroxylation is 1. The third-order valence-corrected chi connectivity index (χ3v) is 6.43. The van der Waals surface area contributed by atoms with Crippen LogP contribution in [0.1, 0.15) is 30.3 Å². The van der Waals surface area contributed by atoms with Crippen molar-refractivity contribution in [2.24, 2.45) is 0 Å². The number of rotatable bonds is 5. The molecule has 0 radical (unpaired) electrons. The van der Waals surface area contributed by atoms with Gasteiger partial charge in [-0.1, -0.05) is 11.2 Å². The number of hydrogen-bond donors (Lipinski definition) is 0. The number of piperidine rings is 1. The Morgan fingerprint density at radius 1 is 1.19 bits per heavy atom. The van der Waals surface area contributed by atoms with Crippen molar-refractivity contribution in [3.63, 3.8) is 0 Å². The molecule has 7 nitrogen and oxygen atoms in total. The van der Waals surface area contributed by atoms with Gasteiger partial charge in [-0.05, 0) is 57.1 Å². The van der Waals surface area contributed by atoms with Gasteiger partial charge < -0.3 is 14.2 Å². The Morgan fingerprint density at radius 3 is 2.78 bits per heavy atom. The van der Waals surface area contributed by atoms with E-state index < -0.39 is 0 Å². The fourth-order valence-electron chi connectivity index (χ4n) is 4.67. The van der Waals surface area contributed by atoms with E-state index in [0.29, 0.717) is 34.6 Å². The van der Waals surface area contributed by atoms with Crippen LogP contribution in [-0.2, 0) is 6.54 Å². The van der Waals surface area contributed by atoms with Gasteiger partial charge in [0.15, 0.2) is 5.58 Å². The Kier molecular flexibility index (Phi) is 5.38. The van der Waals surface area contributed by atoms with Crippen molar-refractivity contribution in [1.29, 1.82) is 0 Å². The van der Waals surface area contributed by atoms with Gasteiger partial charge in [0.25, 0.3) is 5.56 Å². The first-order valence-corrected chi connectivity index (χ1v) is 10.9. The summed E-state index contributed by atoms with van der Waals surface area (Å²) in [6.07, 6.45) is 1.88. The van der Waals surface area contributed by atoms with Crippen LogP contribution in [0.5, 0.6) is 5.75 Å². The van der Waals surface area contributed by atoms with Gasteiger partial charge in [0.05, 0.1) is 18.3 Å². The maximum Gasteiger partial charge on any atom is 0.265 e. The molecule has 1 aliphatic rings. The number of benzene rings is 2. The van der Waals surface area contributed by atoms with E-state index in [1.807, 2.05) is 19.1 Å². The van der Waals surface area contributed by atoms with Crippen molar-refractivity contribution in [2.75, 3.05) is 26.7 Å². The van der Waals surface area contributed by atoms with Crippen LogP contribution in [0.3, 0.4) is 0 Å². The molecule has 4 aromatic rings. The summed E-state index contributed by atoms with van der Waals surface area (Å²) in [6.45, 7) is 5.00. The Bertz CT molecular complexity index is 1340. The molecule has 0 unspecified atom stereocenters. The molecule has 0 bridgehead atoms. The minimum absolute atomic E-state index is 0.0684. The number of aromatic nitrogens is 3. The summed E-state index contributed by atoms with van der Waals surface area (Å²) in [5.41, 5.74) is 2.00. The number of ether oxygens (including phenoxy) is 1. The Morgan fingerprint density at radius 2 is 2.00 bits per heavy atom. The van der Waals surface area contributed by atoms with Crippen molar-refractivity contribution in [3.8, 4) is 5.75 Å². The molecular weight excluding hydrogens is 411 g/mol. The number of nitrogens with zero attached hydrogens (tertiary/aromatic N) is 4. The Labute approximate surface area is 184 Å². The second-order valence-corrected chi connectivity index (χ2v) is 8.29. The van der Waals surface area contributed by atoms with Crippen LogP contribution in [-0.4, -0.2) is 46.4 Å². The third kappa shape index (κ3) is 3.64. The summed E-state index contributed by atoms with van der Waals surface area (Å²) in [5, 5.41) is 5.64. The Hall–Kier alpha value is -3.26. The smallest absolute Gasteiger partial charge is 0.265 e. The molecule has 5 rings (SSSR count). The molecule has 0 atom stereocenters. The first-order valence-electron chi connectivity index (χ1n) is 10.9. The van der Waals surface area contributed by atoms with Crippen LogP contribution in [0.15, 0.2) is 45.7 Å². The lowest BCUT2D eigenvalue weighted by Gasteiger charge is -2.31. The van der Waals surface area contributed by atoms with Crippen molar-refractivity contribution in [2.45, 2.75) is 32.2 Å². The van der Waals surface area contributed by atoms with Gasteiger partial charge in [-0.2, -0.15) is 0 Å². The zero-order valence-electron chi connectivity index (χ0n) is 18.2. The van der Waals surface area contributed by atoms with E-state index in [1.54, 1.807) is 23.8 Å². The van der Waals surface area contributed by atoms with Gasteiger partial charge in [0.1, 0.15) is 22.8 Å². The Balaban J connectivity index is 1.28. The molecule has 3 heterocycles. The SMILES string of the molecule is COc1cccc2nc(C)n(CCN3CCC(c4noc5cc(F)ccc45)CC3)c(=O)c12. The number of likely N-dealkylation sites (tertiary alicyclic amines) is 1. The van der Waals surface area contributed by atoms with E-state index in [0.717, 1.165) is 43.6 Å². The van der Waals surface area contributed by atoms with Gasteiger partial charge in [0, 0.05) is 30.5 Å². The number of methoxy groups -OCH3 is 1. The molecule has 0 saturated carbocycles. The van der Waals surface area contributed by atoms with Crippen molar-refractivity contribution in [3.05, 3.63) is 64.1 Å². The summed E-state index contributed by atoms with van der Waals surface area (Å²) in [4.78, 5) is 20.1. The monoisotopic (exact) mass is 436 g/mol. The molecule has 1 saturated heterocycles. The fraction of sp³-hybridized carbons (Fsp3) is 0.375. The summed E-state index contributed by atoms with van der Waals surface area (Å²) < 4.78 is 25.9. The lowest BCUT2D eigenvalue weighted by molar-refractivity contribution is 0.201. The van der Waals surface area contributed by atoms with Crippen LogP contribution in [0.25, 0.3) is 21.9 Å². The molecule has 1 aliphatic heterocycles. The van der Waals surface area contributed by atoms with E-state index in [9.17, 15) is 9.18 Å². The quantitative estimate of drug-likeness (QED) is 0.473. The normalized spacial score (nSPS) is 15.6. The summed E-state index contributed by atoms with van der Waals surface area (Å²) in [7, 11) is 1.57. The van der Waals surface area contributed by atoms with E-state index in [4.69, 9.17) is 9.26 Å². The largest absolute Gasteiger partial charge is 0.496 e. The fourth-order valence-corrected chi connectivity index (χ4v) is 4.67. The minimum Gasteiger partial charge on any atom is -0.496 e. The molecule has 2 aromatic carbocycles. The minimum atomic E-state index is -0.318. The van der Waals surface area contributed by atoms with Crippen molar-refractivity contribution < 1.29 is 13.7 Å². The summed E-state index contributed by atoms with van der Waals surface area (Å²) in [6, 6.07) is 10.1. The van der Waals surface area contributed by atoms with E-state index in [1.165, 1.54) is 12.1 Å². The molecule has 1 fully saturated rings. The average molecular weight is 436 g/mol. The number of fused-ring (bicyclic) bond motifs is 2. The predicted molar refractivity (Wildman–Crippen MR) is 120 cm³/mol. The molecule has 0 aliphatic carbocycles. The third-order valence-electron chi connectivity index (χ3n) is 6.43. The number of halogens is 1. The maximum atomic E-state index is 13.4. The van der Waals surface area contributed by atoms with E-state index in [2.05, 4.69) is 15.0 Å². The van der Waals surface area contributed by atoms with Crippen LogP contribution in [0.2, 0.25) is 0 Å². The van der Waals surface area contributed by atoms with E-state index >= 15 is 0 Å². The van der Waals surface area contributed by atoms with Gasteiger partial charge in [-0.3, -0.25) is 9.36 Å². The van der Waals surface area contributed by atoms with Crippen LogP contribution < -0.4 is 10.3 Å². The first-order chi connectivity index (χ1) is 15.5. The van der Waals surface area contributed by atoms with Gasteiger partial charge in [0.2, 0.25) is 0 Å². The molecule has 0 spiro atoms. The molecular formula is C24H25FN4O3. The lowest BCUT2D eigenvalue weighted by atomic mass is 9.91. The highest BCUT2D eigenvalue weighted by Gasteiger charge is 2.25. The topological polar surface area (TPSA) is 73.4 Å². The average Bonchev–Trinajstić information content (AvgIpc) is 3.21. The zero-order chi connectivity index (χ0) is 22.2. The van der Waals surface area contributed by atoms with Gasteiger partial charge in [-0.15, -0.1) is 0 Å². The highest BCUT2D eigenvalue weighted by molar-refractivity contribution is 5.84. The van der Waals surface area contributed by atoms with Crippen molar-refractivity contribution in [1.82, 2.24) is 19.6 Å². The lowest BCUT2D eigenvalue weighted by Crippen LogP contribution is -2.37. The second-order valence-electron chi connectivity index (χ2n) is 8.29. The molecule has 166 valence electrons. The molecule has 0 amide bonds.